The maximum atomic E-state index is 9.50. The molecule has 0 aromatic heterocycles. The summed E-state index contributed by atoms with van der Waals surface area (Å²) in [6.07, 6.45) is 1.87. The Morgan fingerprint density at radius 1 is 1.25 bits per heavy atom. The number of nitrogens with zero attached hydrogens (tertiary/aromatic N) is 1. The van der Waals surface area contributed by atoms with Gasteiger partial charge < -0.3 is 9.84 Å². The molecule has 1 saturated carbocycles. The molecule has 5 atom stereocenters. The molecule has 16 heavy (non-hydrogen) atoms. The predicted molar refractivity (Wildman–Crippen MR) is 66.2 cm³/mol. The van der Waals surface area contributed by atoms with Crippen LogP contribution in [0.4, 0.5) is 0 Å². The van der Waals surface area contributed by atoms with E-state index in [2.05, 4.69) is 32.7 Å². The maximum absolute atomic E-state index is 9.50. The molecule has 0 radical (unpaired) electrons. The van der Waals surface area contributed by atoms with Gasteiger partial charge in [0.1, 0.15) is 0 Å². The van der Waals surface area contributed by atoms with Gasteiger partial charge in [0.25, 0.3) is 0 Å². The topological polar surface area (TPSA) is 32.7 Å². The Balaban J connectivity index is 2.52. The van der Waals surface area contributed by atoms with E-state index in [4.69, 9.17) is 4.74 Å². The van der Waals surface area contributed by atoms with Crippen molar-refractivity contribution in [2.24, 2.45) is 17.8 Å². The van der Waals surface area contributed by atoms with E-state index in [1.807, 2.05) is 0 Å². The second-order valence-corrected chi connectivity index (χ2v) is 5.47. The van der Waals surface area contributed by atoms with Gasteiger partial charge in [0, 0.05) is 19.7 Å². The lowest BCUT2D eigenvalue weighted by Gasteiger charge is -2.43. The van der Waals surface area contributed by atoms with Gasteiger partial charge in [-0.3, -0.25) is 4.90 Å². The average molecular weight is 229 g/mol. The van der Waals surface area contributed by atoms with Crippen LogP contribution in [0, 0.1) is 17.8 Å². The molecule has 0 spiro atoms. The van der Waals surface area contributed by atoms with Crippen molar-refractivity contribution in [2.45, 2.75) is 45.9 Å². The van der Waals surface area contributed by atoms with Crippen LogP contribution in [0.15, 0.2) is 0 Å². The zero-order valence-corrected chi connectivity index (χ0v) is 11.3. The van der Waals surface area contributed by atoms with Crippen LogP contribution in [0.2, 0.25) is 0 Å². The molecule has 1 aliphatic rings. The molecule has 0 aliphatic heterocycles. The summed E-state index contributed by atoms with van der Waals surface area (Å²) in [5, 5.41) is 9.50. The van der Waals surface area contributed by atoms with Gasteiger partial charge in [-0.25, -0.2) is 0 Å². The van der Waals surface area contributed by atoms with Crippen LogP contribution in [0.3, 0.4) is 0 Å². The van der Waals surface area contributed by atoms with Gasteiger partial charge in [-0.15, -0.1) is 0 Å². The van der Waals surface area contributed by atoms with E-state index in [1.165, 1.54) is 12.8 Å². The number of aliphatic hydroxyl groups is 1. The number of rotatable bonds is 4. The zero-order valence-electron chi connectivity index (χ0n) is 11.3. The quantitative estimate of drug-likeness (QED) is 0.748. The fourth-order valence-corrected chi connectivity index (χ4v) is 2.91. The molecular weight excluding hydrogens is 202 g/mol. The van der Waals surface area contributed by atoms with Crippen molar-refractivity contribution >= 4 is 0 Å². The lowest BCUT2D eigenvalue weighted by atomic mass is 9.71. The van der Waals surface area contributed by atoms with Crippen molar-refractivity contribution < 1.29 is 9.84 Å². The normalized spacial score (nSPS) is 37.7. The van der Waals surface area contributed by atoms with E-state index in [-0.39, 0.29) is 0 Å². The summed E-state index contributed by atoms with van der Waals surface area (Å²) >= 11 is 0. The summed E-state index contributed by atoms with van der Waals surface area (Å²) in [7, 11) is 3.64. The maximum Gasteiger partial charge on any atom is 0.166 e. The number of likely N-dealkylation sites (N-methyl/N-ethyl adjacent to an activating group) is 1. The van der Waals surface area contributed by atoms with Crippen LogP contribution < -0.4 is 0 Å². The summed E-state index contributed by atoms with van der Waals surface area (Å²) in [4.78, 5) is 2.25. The number of hydrogen-bond donors (Lipinski definition) is 1. The molecule has 1 fully saturated rings. The molecule has 1 rings (SSSR count). The lowest BCUT2D eigenvalue weighted by molar-refractivity contribution is -0.0990. The first kappa shape index (κ1) is 13.9. The highest BCUT2D eigenvalue weighted by molar-refractivity contribution is 4.86. The summed E-state index contributed by atoms with van der Waals surface area (Å²) < 4.78 is 4.91. The van der Waals surface area contributed by atoms with Gasteiger partial charge >= 0.3 is 0 Å². The van der Waals surface area contributed by atoms with E-state index >= 15 is 0 Å². The molecule has 1 aliphatic carbocycles. The molecule has 3 nitrogen and oxygen atoms in total. The first-order valence-corrected chi connectivity index (χ1v) is 6.38. The third-order valence-electron chi connectivity index (χ3n) is 4.53. The second-order valence-electron chi connectivity index (χ2n) is 5.47. The van der Waals surface area contributed by atoms with Crippen molar-refractivity contribution in [1.82, 2.24) is 4.90 Å². The third-order valence-corrected chi connectivity index (χ3v) is 4.53. The average Bonchev–Trinajstić information content (AvgIpc) is 2.25. The van der Waals surface area contributed by atoms with Crippen molar-refractivity contribution in [1.29, 1.82) is 0 Å². The number of methoxy groups -OCH3 is 1. The molecule has 96 valence electrons. The molecule has 0 bridgehead atoms. The molecule has 3 heteroatoms. The highest BCUT2D eigenvalue weighted by atomic mass is 16.6. The molecule has 0 amide bonds. The van der Waals surface area contributed by atoms with Crippen LogP contribution in [-0.4, -0.2) is 43.0 Å². The Morgan fingerprint density at radius 3 is 2.44 bits per heavy atom. The Morgan fingerprint density at radius 2 is 1.88 bits per heavy atom. The van der Waals surface area contributed by atoms with Crippen molar-refractivity contribution in [3.8, 4) is 0 Å². The monoisotopic (exact) mass is 229 g/mol. The second kappa shape index (κ2) is 5.99. The standard InChI is InChI=1S/C13H27NO2/c1-9-6-7-12(11(3)10(9)2)14(4)8-13(15)16-5/h9-13,15H,6-8H2,1-5H3. The van der Waals surface area contributed by atoms with Crippen LogP contribution in [-0.2, 0) is 4.74 Å². The number of ether oxygens (including phenoxy) is 1. The van der Waals surface area contributed by atoms with Gasteiger partial charge in [-0.05, 0) is 37.6 Å². The third kappa shape index (κ3) is 3.19. The molecule has 0 aromatic rings. The number of aliphatic hydroxyl groups excluding tert-OH is 1. The first-order valence-electron chi connectivity index (χ1n) is 6.38. The van der Waals surface area contributed by atoms with Gasteiger partial charge in [0.2, 0.25) is 0 Å². The fourth-order valence-electron chi connectivity index (χ4n) is 2.91. The van der Waals surface area contributed by atoms with E-state index in [1.54, 1.807) is 7.11 Å². The van der Waals surface area contributed by atoms with Gasteiger partial charge in [-0.1, -0.05) is 20.8 Å². The van der Waals surface area contributed by atoms with Crippen LogP contribution in [0.25, 0.3) is 0 Å². The smallest absolute Gasteiger partial charge is 0.166 e. The molecule has 0 saturated heterocycles. The van der Waals surface area contributed by atoms with Gasteiger partial charge in [0.05, 0.1) is 0 Å². The van der Waals surface area contributed by atoms with Crippen LogP contribution in [0.1, 0.15) is 33.6 Å². The van der Waals surface area contributed by atoms with Crippen LogP contribution >= 0.6 is 0 Å². The first-order chi connectivity index (χ1) is 7.47. The predicted octanol–water partition coefficient (Wildman–Crippen LogP) is 1.95. The SMILES string of the molecule is COC(O)CN(C)C1CCC(C)C(C)C1C. The van der Waals surface area contributed by atoms with E-state index in [0.717, 1.165) is 11.8 Å². The van der Waals surface area contributed by atoms with Crippen LogP contribution in [0.5, 0.6) is 0 Å². The Kier molecular flexibility index (Phi) is 5.22. The van der Waals surface area contributed by atoms with Crippen molar-refractivity contribution in [2.75, 3.05) is 20.7 Å². The molecule has 1 N–H and O–H groups in total. The molecular formula is C13H27NO2. The minimum Gasteiger partial charge on any atom is -0.367 e. The summed E-state index contributed by atoms with van der Waals surface area (Å²) in [6.45, 7) is 7.64. The molecule has 0 heterocycles. The Bertz CT molecular complexity index is 210. The van der Waals surface area contributed by atoms with Crippen molar-refractivity contribution in [3.05, 3.63) is 0 Å². The highest BCUT2D eigenvalue weighted by Gasteiger charge is 2.34. The summed E-state index contributed by atoms with van der Waals surface area (Å²) in [5.41, 5.74) is 0. The summed E-state index contributed by atoms with van der Waals surface area (Å²) in [6, 6.07) is 0.580. The number of hydrogen-bond acceptors (Lipinski definition) is 3. The minimum absolute atomic E-state index is 0.580. The minimum atomic E-state index is -0.660. The largest absolute Gasteiger partial charge is 0.367 e. The van der Waals surface area contributed by atoms with Gasteiger partial charge in [0.15, 0.2) is 6.29 Å². The molecule has 5 unspecified atom stereocenters. The van der Waals surface area contributed by atoms with E-state index < -0.39 is 6.29 Å². The molecule has 0 aromatic carbocycles. The fraction of sp³-hybridized carbons (Fsp3) is 1.00. The highest BCUT2D eigenvalue weighted by Crippen LogP contribution is 2.36. The van der Waals surface area contributed by atoms with E-state index in [9.17, 15) is 5.11 Å². The summed E-state index contributed by atoms with van der Waals surface area (Å²) in [5.74, 6) is 2.28. The van der Waals surface area contributed by atoms with Crippen molar-refractivity contribution in [3.63, 3.8) is 0 Å². The zero-order chi connectivity index (χ0) is 12.3. The lowest BCUT2D eigenvalue weighted by Crippen LogP contribution is -2.46. The Hall–Kier alpha value is -0.120. The van der Waals surface area contributed by atoms with E-state index in [0.29, 0.717) is 18.5 Å². The van der Waals surface area contributed by atoms with Gasteiger partial charge in [-0.2, -0.15) is 0 Å². The Labute approximate surface area is 99.8 Å².